The van der Waals surface area contributed by atoms with Gasteiger partial charge in [-0.15, -0.1) is 4.70 Å². The Bertz CT molecular complexity index is 764. The van der Waals surface area contributed by atoms with Gasteiger partial charge in [-0.05, 0) is 46.1 Å². The summed E-state index contributed by atoms with van der Waals surface area (Å²) in [5, 5.41) is 30.1. The summed E-state index contributed by atoms with van der Waals surface area (Å²) in [6.45, 7) is 0. The van der Waals surface area contributed by atoms with Gasteiger partial charge in [-0.3, -0.25) is 4.79 Å². The number of hydrogen-bond donors (Lipinski definition) is 3. The summed E-state index contributed by atoms with van der Waals surface area (Å²) in [4.78, 5) is 12.3. The van der Waals surface area contributed by atoms with Crippen LogP contribution in [0.5, 0.6) is 0 Å². The molecule has 25 heavy (non-hydrogen) atoms. The van der Waals surface area contributed by atoms with Gasteiger partial charge in [-0.1, -0.05) is 12.1 Å². The molecule has 130 valence electrons. The second-order valence-electron chi connectivity index (χ2n) is 6.21. The Labute approximate surface area is 151 Å². The molecule has 1 amide bonds. The van der Waals surface area contributed by atoms with E-state index in [9.17, 15) is 14.8 Å². The zero-order valence-corrected chi connectivity index (χ0v) is 14.8. The first-order chi connectivity index (χ1) is 12.0. The van der Waals surface area contributed by atoms with Crippen molar-refractivity contribution >= 4 is 30.0 Å². The molecule has 1 aliphatic heterocycles. The first kappa shape index (κ1) is 17.8. The molecule has 0 saturated carbocycles. The first-order valence-corrected chi connectivity index (χ1v) is 9.19. The number of nitrogens with one attached hydrogen (secondary N) is 1. The highest BCUT2D eigenvalue weighted by Gasteiger charge is 2.32. The van der Waals surface area contributed by atoms with Gasteiger partial charge in [0.05, 0.1) is 11.5 Å². The van der Waals surface area contributed by atoms with Gasteiger partial charge in [0.2, 0.25) is 11.9 Å². The maximum Gasteiger partial charge on any atom is 0.475 e. The Morgan fingerprint density at radius 1 is 1.40 bits per heavy atom. The van der Waals surface area contributed by atoms with E-state index in [0.717, 1.165) is 16.8 Å². The lowest BCUT2D eigenvalue weighted by Gasteiger charge is -2.17. The van der Waals surface area contributed by atoms with E-state index in [-0.39, 0.29) is 11.9 Å². The predicted molar refractivity (Wildman–Crippen MR) is 96.8 cm³/mol. The van der Waals surface area contributed by atoms with Crippen LogP contribution in [0.3, 0.4) is 0 Å². The van der Waals surface area contributed by atoms with Gasteiger partial charge in [0, 0.05) is 12.8 Å². The molecule has 0 saturated heterocycles. The van der Waals surface area contributed by atoms with Crippen LogP contribution in [0.15, 0.2) is 46.2 Å². The van der Waals surface area contributed by atoms with Crippen molar-refractivity contribution < 1.29 is 19.5 Å². The van der Waals surface area contributed by atoms with Crippen molar-refractivity contribution in [2.24, 2.45) is 5.11 Å². The molecule has 2 heterocycles. The zero-order chi connectivity index (χ0) is 17.8. The maximum atomic E-state index is 12.3. The van der Waals surface area contributed by atoms with Crippen LogP contribution in [0, 0.1) is 0 Å². The van der Waals surface area contributed by atoms with Gasteiger partial charge in [0.15, 0.2) is 7.05 Å². The number of carbonyl (C=O) groups excluding carboxylic acids is 1. The van der Waals surface area contributed by atoms with Crippen LogP contribution in [-0.2, 0) is 11.2 Å². The van der Waals surface area contributed by atoms with Crippen molar-refractivity contribution in [1.82, 2.24) is 5.32 Å². The number of nitrogens with zero attached hydrogens (tertiary/aromatic N) is 2. The number of azo groups is 2. The Balaban J connectivity index is 1.56. The monoisotopic (exact) mass is 358 g/mol. The number of carbonyl (C=O) groups is 1. The lowest BCUT2D eigenvalue weighted by atomic mass is 9.76. The SMILES string of the molecule is C[N+]1=Nc2ccccc2C1CCC(=O)N[C@@H](Cc1ccsc1)B(O)O. The lowest BCUT2D eigenvalue weighted by Crippen LogP contribution is -2.47. The summed E-state index contributed by atoms with van der Waals surface area (Å²) in [7, 11) is 0.313. The molecule has 6 nitrogen and oxygen atoms in total. The fourth-order valence-electron chi connectivity index (χ4n) is 3.08. The molecular formula is C17H21BN3O3S+. The van der Waals surface area contributed by atoms with Crippen molar-refractivity contribution in [2.45, 2.75) is 31.2 Å². The number of rotatable bonds is 7. The highest BCUT2D eigenvalue weighted by molar-refractivity contribution is 7.07. The average Bonchev–Trinajstić information content (AvgIpc) is 3.19. The first-order valence-electron chi connectivity index (χ1n) is 8.24. The second kappa shape index (κ2) is 7.90. The van der Waals surface area contributed by atoms with Crippen LogP contribution in [0.2, 0.25) is 0 Å². The van der Waals surface area contributed by atoms with Crippen LogP contribution < -0.4 is 5.32 Å². The third kappa shape index (κ3) is 4.33. The van der Waals surface area contributed by atoms with Crippen molar-refractivity contribution in [3.8, 4) is 0 Å². The number of fused-ring (bicyclic) bond motifs is 1. The standard InChI is InChI=1S/C17H20BN3O3S/c1-21-15(13-4-2-3-5-14(13)20-21)6-7-17(22)19-16(18(23)24)10-12-8-9-25-11-12/h2-5,8-9,11,15-16,23-24H,6-7,10H2,1H3/p+1/t15?,16-/m0/s1. The second-order valence-corrected chi connectivity index (χ2v) is 6.99. The molecule has 1 aromatic carbocycles. The van der Waals surface area contributed by atoms with Crippen LogP contribution in [0.1, 0.15) is 30.0 Å². The lowest BCUT2D eigenvalue weighted by molar-refractivity contribution is -0.598. The molecule has 3 N–H and O–H groups in total. The third-order valence-electron chi connectivity index (χ3n) is 4.40. The van der Waals surface area contributed by atoms with E-state index in [1.807, 2.05) is 52.8 Å². The summed E-state index contributed by atoms with van der Waals surface area (Å²) >= 11 is 1.54. The van der Waals surface area contributed by atoms with Crippen molar-refractivity contribution in [3.05, 3.63) is 52.2 Å². The van der Waals surface area contributed by atoms with E-state index in [1.165, 1.54) is 0 Å². The Kier molecular flexibility index (Phi) is 5.62. The van der Waals surface area contributed by atoms with Gasteiger partial charge in [-0.25, -0.2) is 0 Å². The topological polar surface area (TPSA) is 84.9 Å². The summed E-state index contributed by atoms with van der Waals surface area (Å²) in [6.07, 6.45) is 1.32. The van der Waals surface area contributed by atoms with E-state index >= 15 is 0 Å². The van der Waals surface area contributed by atoms with Gasteiger partial charge < -0.3 is 15.4 Å². The van der Waals surface area contributed by atoms with Crippen LogP contribution in [-0.4, -0.2) is 40.8 Å². The summed E-state index contributed by atoms with van der Waals surface area (Å²) in [5.74, 6) is -0.897. The number of thiophene rings is 1. The molecular weight excluding hydrogens is 337 g/mol. The van der Waals surface area contributed by atoms with Crippen molar-refractivity contribution in [3.63, 3.8) is 0 Å². The number of hydrogen-bond acceptors (Lipinski definition) is 5. The highest BCUT2D eigenvalue weighted by atomic mass is 32.1. The largest absolute Gasteiger partial charge is 0.475 e. The molecule has 0 radical (unpaired) electrons. The molecule has 0 aliphatic carbocycles. The molecule has 0 bridgehead atoms. The highest BCUT2D eigenvalue weighted by Crippen LogP contribution is 2.36. The predicted octanol–water partition coefficient (Wildman–Crippen LogP) is 2.05. The minimum Gasteiger partial charge on any atom is -0.426 e. The average molecular weight is 358 g/mol. The van der Waals surface area contributed by atoms with Gasteiger partial charge in [0.1, 0.15) is 5.69 Å². The van der Waals surface area contributed by atoms with E-state index in [4.69, 9.17) is 0 Å². The normalized spacial score (nSPS) is 16.9. The quantitative estimate of drug-likeness (QED) is 0.523. The van der Waals surface area contributed by atoms with Gasteiger partial charge >= 0.3 is 7.12 Å². The zero-order valence-electron chi connectivity index (χ0n) is 14.0. The maximum absolute atomic E-state index is 12.3. The Morgan fingerprint density at radius 3 is 2.92 bits per heavy atom. The van der Waals surface area contributed by atoms with Gasteiger partial charge in [0.25, 0.3) is 0 Å². The summed E-state index contributed by atoms with van der Waals surface area (Å²) < 4.78 is 1.88. The molecule has 1 aromatic heterocycles. The number of benzene rings is 1. The molecule has 8 heteroatoms. The van der Waals surface area contributed by atoms with Crippen molar-refractivity contribution in [1.29, 1.82) is 0 Å². The number of amides is 1. The fourth-order valence-corrected chi connectivity index (χ4v) is 3.77. The molecule has 2 aromatic rings. The fraction of sp³-hybridized carbons (Fsp3) is 0.353. The third-order valence-corrected chi connectivity index (χ3v) is 5.13. The van der Waals surface area contributed by atoms with Crippen LogP contribution in [0.4, 0.5) is 5.69 Å². The smallest absolute Gasteiger partial charge is 0.426 e. The minimum atomic E-state index is -1.59. The van der Waals surface area contributed by atoms with E-state index in [2.05, 4.69) is 10.4 Å². The van der Waals surface area contributed by atoms with E-state index in [1.54, 1.807) is 11.3 Å². The minimum absolute atomic E-state index is 0.0660. The molecule has 0 spiro atoms. The summed E-state index contributed by atoms with van der Waals surface area (Å²) in [6, 6.07) is 9.89. The Hall–Kier alpha value is -2.03. The van der Waals surface area contributed by atoms with Gasteiger partial charge in [-0.2, -0.15) is 11.3 Å². The van der Waals surface area contributed by atoms with Crippen LogP contribution >= 0.6 is 11.3 Å². The van der Waals surface area contributed by atoms with Crippen LogP contribution in [0.25, 0.3) is 0 Å². The molecule has 2 atom stereocenters. The molecule has 3 rings (SSSR count). The van der Waals surface area contributed by atoms with E-state index in [0.29, 0.717) is 19.3 Å². The van der Waals surface area contributed by atoms with E-state index < -0.39 is 13.1 Å². The Morgan fingerprint density at radius 2 is 2.20 bits per heavy atom. The molecule has 1 aliphatic rings. The van der Waals surface area contributed by atoms with Crippen molar-refractivity contribution in [2.75, 3.05) is 7.05 Å². The molecule has 1 unspecified atom stereocenters. The molecule has 0 fully saturated rings. The summed E-state index contributed by atoms with van der Waals surface area (Å²) in [5.41, 5.74) is 3.04.